The number of carbonyl (C=O) groups excluding carboxylic acids is 2. The Balaban J connectivity index is 1.32. The topological polar surface area (TPSA) is 85.9 Å². The van der Waals surface area contributed by atoms with Crippen LogP contribution in [0.1, 0.15) is 29.5 Å². The molecular formula is C24H27F3N2O5. The summed E-state index contributed by atoms with van der Waals surface area (Å²) in [5.74, 6) is 0.333. The third-order valence-corrected chi connectivity index (χ3v) is 5.29. The van der Waals surface area contributed by atoms with Gasteiger partial charge in [0, 0.05) is 19.8 Å². The van der Waals surface area contributed by atoms with Crippen molar-refractivity contribution in [3.05, 3.63) is 65.2 Å². The molecular weight excluding hydrogens is 453 g/mol. The van der Waals surface area contributed by atoms with Crippen molar-refractivity contribution in [2.24, 2.45) is 5.92 Å². The summed E-state index contributed by atoms with van der Waals surface area (Å²) in [5, 5.41) is 2.86. The molecule has 0 radical (unpaired) electrons. The maximum Gasteiger partial charge on any atom is 0.416 e. The van der Waals surface area contributed by atoms with Gasteiger partial charge in [0.1, 0.15) is 5.75 Å². The van der Waals surface area contributed by atoms with Crippen LogP contribution in [0.4, 0.5) is 13.2 Å². The second-order valence-electron chi connectivity index (χ2n) is 7.98. The summed E-state index contributed by atoms with van der Waals surface area (Å²) >= 11 is 0. The molecule has 1 heterocycles. The zero-order chi connectivity index (χ0) is 24.4. The van der Waals surface area contributed by atoms with Gasteiger partial charge in [-0.15, -0.1) is 0 Å². The molecule has 0 unspecified atom stereocenters. The minimum absolute atomic E-state index is 0.0406. The highest BCUT2D eigenvalue weighted by Crippen LogP contribution is 2.29. The van der Waals surface area contributed by atoms with Gasteiger partial charge in [-0.3, -0.25) is 14.4 Å². The van der Waals surface area contributed by atoms with E-state index >= 15 is 0 Å². The predicted octanol–water partition coefficient (Wildman–Crippen LogP) is 3.42. The van der Waals surface area contributed by atoms with E-state index in [9.17, 15) is 22.8 Å². The number of hydroxylamine groups is 1. The molecule has 0 saturated carbocycles. The van der Waals surface area contributed by atoms with Gasteiger partial charge in [0.05, 0.1) is 18.6 Å². The normalized spacial score (nSPS) is 14.4. The van der Waals surface area contributed by atoms with Gasteiger partial charge < -0.3 is 14.8 Å². The Bertz CT molecular complexity index is 927. The Kier molecular flexibility index (Phi) is 9.29. The molecule has 2 aromatic rings. The van der Waals surface area contributed by atoms with Gasteiger partial charge in [0.25, 0.3) is 5.91 Å². The number of carbonyl (C=O) groups is 2. The summed E-state index contributed by atoms with van der Waals surface area (Å²) in [5.41, 5.74) is 2.71. The van der Waals surface area contributed by atoms with Crippen LogP contribution in [0, 0.1) is 5.92 Å². The van der Waals surface area contributed by atoms with Gasteiger partial charge in [0.2, 0.25) is 5.91 Å². The van der Waals surface area contributed by atoms with Gasteiger partial charge >= 0.3 is 6.18 Å². The zero-order valence-electron chi connectivity index (χ0n) is 18.5. The van der Waals surface area contributed by atoms with Crippen molar-refractivity contribution in [1.29, 1.82) is 0 Å². The summed E-state index contributed by atoms with van der Waals surface area (Å²) in [6.07, 6.45) is -2.48. The molecule has 34 heavy (non-hydrogen) atoms. The lowest BCUT2D eigenvalue weighted by atomic mass is 10.0. The maximum atomic E-state index is 12.6. The number of nitrogens with one attached hydrogen (secondary N) is 2. The third kappa shape index (κ3) is 8.68. The highest BCUT2D eigenvalue weighted by atomic mass is 19.4. The molecule has 1 fully saturated rings. The van der Waals surface area contributed by atoms with E-state index in [2.05, 4.69) is 10.8 Å². The first-order valence-corrected chi connectivity index (χ1v) is 10.9. The molecule has 2 N–H and O–H groups in total. The fourth-order valence-corrected chi connectivity index (χ4v) is 3.32. The number of alkyl halides is 3. The van der Waals surface area contributed by atoms with E-state index in [-0.39, 0.29) is 25.5 Å². The monoisotopic (exact) mass is 480 g/mol. The van der Waals surface area contributed by atoms with Crippen LogP contribution in [0.15, 0.2) is 48.5 Å². The number of benzene rings is 2. The highest BCUT2D eigenvalue weighted by molar-refractivity contribution is 5.78. The van der Waals surface area contributed by atoms with Gasteiger partial charge in [-0.05, 0) is 54.2 Å². The van der Waals surface area contributed by atoms with Crippen molar-refractivity contribution in [1.82, 2.24) is 10.8 Å². The molecule has 0 atom stereocenters. The Morgan fingerprint density at radius 3 is 2.24 bits per heavy atom. The molecule has 0 aliphatic carbocycles. The molecule has 0 spiro atoms. The smallest absolute Gasteiger partial charge is 0.416 e. The Morgan fingerprint density at radius 1 is 0.941 bits per heavy atom. The molecule has 3 rings (SSSR count). The van der Waals surface area contributed by atoms with E-state index in [0.29, 0.717) is 29.3 Å². The summed E-state index contributed by atoms with van der Waals surface area (Å²) in [4.78, 5) is 29.0. The van der Waals surface area contributed by atoms with E-state index in [4.69, 9.17) is 14.3 Å². The van der Waals surface area contributed by atoms with Crippen molar-refractivity contribution >= 4 is 11.8 Å². The number of ether oxygens (including phenoxy) is 2. The largest absolute Gasteiger partial charge is 0.484 e. The highest BCUT2D eigenvalue weighted by Gasteiger charge is 2.29. The summed E-state index contributed by atoms with van der Waals surface area (Å²) in [6, 6.07) is 11.2. The molecule has 2 amide bonds. The van der Waals surface area contributed by atoms with Crippen molar-refractivity contribution in [2.45, 2.75) is 32.0 Å². The van der Waals surface area contributed by atoms with Crippen LogP contribution in [-0.2, 0) is 38.4 Å². The molecule has 0 aromatic heterocycles. The van der Waals surface area contributed by atoms with Crippen LogP contribution in [-0.4, -0.2) is 38.2 Å². The quantitative estimate of drug-likeness (QED) is 0.509. The van der Waals surface area contributed by atoms with Crippen LogP contribution >= 0.6 is 0 Å². The lowest BCUT2D eigenvalue weighted by molar-refractivity contribution is -0.137. The van der Waals surface area contributed by atoms with E-state index in [1.54, 1.807) is 24.3 Å². The first kappa shape index (κ1) is 25.5. The van der Waals surface area contributed by atoms with Crippen LogP contribution in [0.3, 0.4) is 0 Å². The SMILES string of the molecule is O=C(COc1ccc(CC(=O)NOCc2ccc(C(F)(F)F)cc2)cc1)NCC1CCOCC1. The Morgan fingerprint density at radius 2 is 1.59 bits per heavy atom. The van der Waals surface area contributed by atoms with Crippen LogP contribution in [0.2, 0.25) is 0 Å². The third-order valence-electron chi connectivity index (χ3n) is 5.29. The lowest BCUT2D eigenvalue weighted by Crippen LogP contribution is -2.35. The minimum Gasteiger partial charge on any atom is -0.484 e. The van der Waals surface area contributed by atoms with E-state index in [1.165, 1.54) is 12.1 Å². The second-order valence-corrected chi connectivity index (χ2v) is 7.98. The second kappa shape index (κ2) is 12.4. The molecule has 10 heteroatoms. The number of hydrogen-bond acceptors (Lipinski definition) is 5. The molecule has 2 aromatic carbocycles. The Labute approximate surface area is 195 Å². The summed E-state index contributed by atoms with van der Waals surface area (Å²) in [7, 11) is 0. The van der Waals surface area contributed by atoms with Crippen molar-refractivity contribution < 1.29 is 37.1 Å². The average Bonchev–Trinajstić information content (AvgIpc) is 2.83. The molecule has 7 nitrogen and oxygen atoms in total. The van der Waals surface area contributed by atoms with Gasteiger partial charge in [-0.25, -0.2) is 5.48 Å². The van der Waals surface area contributed by atoms with E-state index < -0.39 is 17.6 Å². The maximum absolute atomic E-state index is 12.6. The van der Waals surface area contributed by atoms with Crippen LogP contribution in [0.25, 0.3) is 0 Å². The first-order valence-electron chi connectivity index (χ1n) is 10.9. The van der Waals surface area contributed by atoms with Crippen LogP contribution in [0.5, 0.6) is 5.75 Å². The molecule has 1 aliphatic heterocycles. The molecule has 184 valence electrons. The fraction of sp³-hybridized carbons (Fsp3) is 0.417. The van der Waals surface area contributed by atoms with E-state index in [0.717, 1.165) is 38.2 Å². The number of amides is 2. The predicted molar refractivity (Wildman–Crippen MR) is 117 cm³/mol. The molecule has 1 saturated heterocycles. The fourth-order valence-electron chi connectivity index (χ4n) is 3.32. The van der Waals surface area contributed by atoms with Crippen molar-refractivity contribution in [2.75, 3.05) is 26.4 Å². The Hall–Kier alpha value is -3.11. The molecule has 1 aliphatic rings. The first-order chi connectivity index (χ1) is 16.3. The van der Waals surface area contributed by atoms with Crippen molar-refractivity contribution in [3.8, 4) is 5.75 Å². The average molecular weight is 480 g/mol. The zero-order valence-corrected chi connectivity index (χ0v) is 18.5. The van der Waals surface area contributed by atoms with Gasteiger partial charge in [-0.2, -0.15) is 13.2 Å². The number of hydrogen-bond donors (Lipinski definition) is 2. The molecule has 0 bridgehead atoms. The van der Waals surface area contributed by atoms with Gasteiger partial charge in [0.15, 0.2) is 6.61 Å². The van der Waals surface area contributed by atoms with Crippen molar-refractivity contribution in [3.63, 3.8) is 0 Å². The summed E-state index contributed by atoms with van der Waals surface area (Å²) < 4.78 is 48.5. The van der Waals surface area contributed by atoms with E-state index in [1.807, 2.05) is 0 Å². The summed E-state index contributed by atoms with van der Waals surface area (Å²) in [6.45, 7) is 1.91. The van der Waals surface area contributed by atoms with Crippen LogP contribution < -0.4 is 15.5 Å². The number of halogens is 3. The lowest BCUT2D eigenvalue weighted by Gasteiger charge is -2.22. The standard InChI is InChI=1S/C24H27F3N2O5/c25-24(26,27)20-5-1-19(2-6-20)15-34-29-22(30)13-17-3-7-21(8-4-17)33-16-23(31)28-14-18-9-11-32-12-10-18/h1-8,18H,9-16H2,(H,28,31)(H,29,30). The van der Waals surface area contributed by atoms with Gasteiger partial charge in [-0.1, -0.05) is 24.3 Å². The minimum atomic E-state index is -4.40. The number of rotatable bonds is 10.